The number of amidine groups is 2. The van der Waals surface area contributed by atoms with E-state index in [9.17, 15) is 5.11 Å². The lowest BCUT2D eigenvalue weighted by molar-refractivity contribution is 0.281. The quantitative estimate of drug-likeness (QED) is 0.763. The van der Waals surface area contributed by atoms with Gasteiger partial charge in [0.05, 0.1) is 20.3 Å². The smallest absolute Gasteiger partial charge is 0.187 e. The van der Waals surface area contributed by atoms with Crippen LogP contribution in [0.4, 0.5) is 5.69 Å². The van der Waals surface area contributed by atoms with E-state index < -0.39 is 0 Å². The van der Waals surface area contributed by atoms with E-state index in [1.54, 1.807) is 37.7 Å². The van der Waals surface area contributed by atoms with Crippen LogP contribution in [0.5, 0.6) is 11.5 Å². The van der Waals surface area contributed by atoms with Crippen molar-refractivity contribution in [3.8, 4) is 11.5 Å². The number of aliphatic imine (C=N–C) groups is 2. The van der Waals surface area contributed by atoms with Crippen molar-refractivity contribution in [2.45, 2.75) is 12.8 Å². The summed E-state index contributed by atoms with van der Waals surface area (Å²) in [5.41, 5.74) is 2.23. The second kappa shape index (κ2) is 7.24. The maximum absolute atomic E-state index is 10.6. The summed E-state index contributed by atoms with van der Waals surface area (Å²) in [6.07, 6.45) is 7.38. The Kier molecular flexibility index (Phi) is 4.42. The molecule has 1 N–H and O–H groups in total. The number of ether oxygens (including phenoxy) is 2. The zero-order valence-corrected chi connectivity index (χ0v) is 16.2. The number of aromatic nitrogens is 1. The molecule has 0 bridgehead atoms. The van der Waals surface area contributed by atoms with Gasteiger partial charge in [0.25, 0.3) is 0 Å². The fraction of sp³-hybridized carbons (Fsp3) is 0.318. The standard InChI is InChI=1S/C22H22N4O3/c1-28-21-18(29-13-14-4-5-14)7-6-16-20(21)25-19(26-10-9-24-22(16)26)11-17(27)15-3-2-8-23-12-15/h2-3,6-8,11-12,14,27H,4-5,9-10,13H2,1H3/b17-11-. The van der Waals surface area contributed by atoms with Crippen molar-refractivity contribution in [2.24, 2.45) is 15.9 Å². The number of aliphatic hydroxyl groups is 1. The third kappa shape index (κ3) is 3.33. The Balaban J connectivity index is 1.57. The minimum Gasteiger partial charge on any atom is -0.507 e. The summed E-state index contributed by atoms with van der Waals surface area (Å²) in [5, 5.41) is 10.6. The van der Waals surface area contributed by atoms with Crippen molar-refractivity contribution in [3.05, 3.63) is 53.9 Å². The van der Waals surface area contributed by atoms with Gasteiger partial charge in [0.2, 0.25) is 0 Å². The molecule has 3 heterocycles. The number of aliphatic hydroxyl groups excluding tert-OH is 1. The number of hydrogen-bond acceptors (Lipinski definition) is 7. The fourth-order valence-electron chi connectivity index (χ4n) is 3.55. The van der Waals surface area contributed by atoms with Crippen LogP contribution in [-0.2, 0) is 0 Å². The highest BCUT2D eigenvalue weighted by Crippen LogP contribution is 2.44. The van der Waals surface area contributed by atoms with Crippen LogP contribution >= 0.6 is 0 Å². The Morgan fingerprint density at radius 2 is 2.21 bits per heavy atom. The van der Waals surface area contributed by atoms with Crippen molar-refractivity contribution in [1.29, 1.82) is 0 Å². The normalized spacial score (nSPS) is 18.0. The van der Waals surface area contributed by atoms with Gasteiger partial charge in [0.1, 0.15) is 23.1 Å². The van der Waals surface area contributed by atoms with E-state index in [0.29, 0.717) is 54.2 Å². The highest BCUT2D eigenvalue weighted by atomic mass is 16.5. The molecule has 29 heavy (non-hydrogen) atoms. The molecule has 7 heteroatoms. The van der Waals surface area contributed by atoms with Crippen LogP contribution in [0.3, 0.4) is 0 Å². The lowest BCUT2D eigenvalue weighted by Gasteiger charge is -2.27. The highest BCUT2D eigenvalue weighted by Gasteiger charge is 2.32. The first-order valence-corrected chi connectivity index (χ1v) is 9.80. The fourth-order valence-corrected chi connectivity index (χ4v) is 3.55. The average Bonchev–Trinajstić information content (AvgIpc) is 3.45. The molecule has 1 aromatic carbocycles. The first-order chi connectivity index (χ1) is 14.2. The molecule has 0 amide bonds. The molecule has 148 valence electrons. The molecule has 1 saturated carbocycles. The number of rotatable bonds is 6. The molecule has 0 saturated heterocycles. The molecule has 1 fully saturated rings. The van der Waals surface area contributed by atoms with Gasteiger partial charge in [-0.2, -0.15) is 0 Å². The molecule has 3 aliphatic rings. The van der Waals surface area contributed by atoms with E-state index in [1.807, 2.05) is 17.0 Å². The molecule has 1 aromatic heterocycles. The number of nitrogens with zero attached hydrogens (tertiary/aromatic N) is 4. The first-order valence-electron chi connectivity index (χ1n) is 9.80. The van der Waals surface area contributed by atoms with E-state index in [1.165, 1.54) is 12.8 Å². The predicted molar refractivity (Wildman–Crippen MR) is 111 cm³/mol. The summed E-state index contributed by atoms with van der Waals surface area (Å²) < 4.78 is 11.7. The van der Waals surface area contributed by atoms with Crippen LogP contribution in [0.1, 0.15) is 24.0 Å². The minimum absolute atomic E-state index is 0.103. The van der Waals surface area contributed by atoms with Gasteiger partial charge in [-0.15, -0.1) is 0 Å². The molecule has 2 aliphatic heterocycles. The van der Waals surface area contributed by atoms with Crippen molar-refractivity contribution in [1.82, 2.24) is 9.88 Å². The van der Waals surface area contributed by atoms with E-state index in [-0.39, 0.29) is 5.76 Å². The summed E-state index contributed by atoms with van der Waals surface area (Å²) >= 11 is 0. The molecule has 0 unspecified atom stereocenters. The molecular formula is C22H22N4O3. The zero-order chi connectivity index (χ0) is 19.8. The molecule has 0 radical (unpaired) electrons. The van der Waals surface area contributed by atoms with Crippen LogP contribution < -0.4 is 9.47 Å². The van der Waals surface area contributed by atoms with Crippen LogP contribution in [0.2, 0.25) is 0 Å². The van der Waals surface area contributed by atoms with Gasteiger partial charge in [-0.1, -0.05) is 0 Å². The number of fused-ring (bicyclic) bond motifs is 3. The van der Waals surface area contributed by atoms with Gasteiger partial charge < -0.3 is 19.5 Å². The molecule has 0 spiro atoms. The summed E-state index contributed by atoms with van der Waals surface area (Å²) in [5.74, 6) is 3.49. The maximum atomic E-state index is 10.6. The summed E-state index contributed by atoms with van der Waals surface area (Å²) in [7, 11) is 1.63. The van der Waals surface area contributed by atoms with Crippen molar-refractivity contribution < 1.29 is 14.6 Å². The molecule has 0 atom stereocenters. The highest BCUT2D eigenvalue weighted by molar-refractivity contribution is 6.20. The molecular weight excluding hydrogens is 368 g/mol. The van der Waals surface area contributed by atoms with Gasteiger partial charge in [-0.25, -0.2) is 4.99 Å². The summed E-state index contributed by atoms with van der Waals surface area (Å²) in [6.45, 7) is 2.09. The van der Waals surface area contributed by atoms with Crippen LogP contribution in [-0.4, -0.2) is 53.5 Å². The Labute approximate surface area is 169 Å². The predicted octanol–water partition coefficient (Wildman–Crippen LogP) is 3.58. The molecule has 1 aliphatic carbocycles. The van der Waals surface area contributed by atoms with Crippen LogP contribution in [0.25, 0.3) is 5.76 Å². The number of hydrogen-bond donors (Lipinski definition) is 1. The number of pyridine rings is 1. The Bertz CT molecular complexity index is 1030. The third-order valence-electron chi connectivity index (χ3n) is 5.28. The van der Waals surface area contributed by atoms with Gasteiger partial charge >= 0.3 is 0 Å². The Hall–Kier alpha value is -3.35. The van der Waals surface area contributed by atoms with Gasteiger partial charge in [0.15, 0.2) is 11.5 Å². The number of methoxy groups -OCH3 is 1. The average molecular weight is 390 g/mol. The molecule has 7 nitrogen and oxygen atoms in total. The zero-order valence-electron chi connectivity index (χ0n) is 16.2. The lowest BCUT2D eigenvalue weighted by Crippen LogP contribution is -2.36. The number of benzene rings is 1. The second-order valence-corrected chi connectivity index (χ2v) is 7.35. The first kappa shape index (κ1) is 17.7. The SMILES string of the molecule is COc1c(OCC2CC2)ccc2c1N=C(/C=C(\O)c1cccnc1)N1CCN=C21. The van der Waals surface area contributed by atoms with Crippen molar-refractivity contribution in [3.63, 3.8) is 0 Å². The van der Waals surface area contributed by atoms with Gasteiger partial charge in [0, 0.05) is 36.1 Å². The Morgan fingerprint density at radius 1 is 1.31 bits per heavy atom. The van der Waals surface area contributed by atoms with E-state index in [0.717, 1.165) is 11.4 Å². The topological polar surface area (TPSA) is 79.5 Å². The summed E-state index contributed by atoms with van der Waals surface area (Å²) in [4.78, 5) is 15.6. The van der Waals surface area contributed by atoms with Crippen LogP contribution in [0, 0.1) is 5.92 Å². The minimum atomic E-state index is 0.103. The van der Waals surface area contributed by atoms with E-state index in [4.69, 9.17) is 14.5 Å². The monoisotopic (exact) mass is 390 g/mol. The van der Waals surface area contributed by atoms with E-state index >= 15 is 0 Å². The van der Waals surface area contributed by atoms with E-state index in [2.05, 4.69) is 9.98 Å². The van der Waals surface area contributed by atoms with Gasteiger partial charge in [-0.3, -0.25) is 9.98 Å². The maximum Gasteiger partial charge on any atom is 0.187 e. The van der Waals surface area contributed by atoms with Crippen LogP contribution in [0.15, 0.2) is 52.7 Å². The molecule has 2 aromatic rings. The molecule has 5 rings (SSSR count). The largest absolute Gasteiger partial charge is 0.507 e. The van der Waals surface area contributed by atoms with Gasteiger partial charge in [-0.05, 0) is 43.0 Å². The third-order valence-corrected chi connectivity index (χ3v) is 5.28. The Morgan fingerprint density at radius 3 is 2.97 bits per heavy atom. The van der Waals surface area contributed by atoms with Crippen molar-refractivity contribution >= 4 is 23.1 Å². The second-order valence-electron chi connectivity index (χ2n) is 7.35. The lowest BCUT2D eigenvalue weighted by atomic mass is 10.1. The van der Waals surface area contributed by atoms with Crippen molar-refractivity contribution in [2.75, 3.05) is 26.8 Å². The summed E-state index contributed by atoms with van der Waals surface area (Å²) in [6, 6.07) is 7.51.